The maximum absolute atomic E-state index is 13.0. The maximum Gasteiger partial charge on any atom is 0.243 e. The number of sulfone groups is 1. The van der Waals surface area contributed by atoms with Gasteiger partial charge in [-0.2, -0.15) is 4.31 Å². The van der Waals surface area contributed by atoms with Gasteiger partial charge in [-0.1, -0.05) is 26.0 Å². The standard InChI is InChI=1S/C22H29NO6S2/c1-17(2)16-30(24,25)19-12-14-23(15-13-19)31(26,27)20-10-8-18(9-11-20)29-22-7-5-4-6-21(22)28-3/h4-11,17,19H,12-16H2,1-3H3. The van der Waals surface area contributed by atoms with Crippen LogP contribution in [0.5, 0.6) is 17.2 Å². The Morgan fingerprint density at radius 3 is 2.06 bits per heavy atom. The van der Waals surface area contributed by atoms with Crippen LogP contribution in [0.4, 0.5) is 0 Å². The first kappa shape index (κ1) is 23.6. The van der Waals surface area contributed by atoms with Crippen LogP contribution in [0.3, 0.4) is 0 Å². The first-order valence-electron chi connectivity index (χ1n) is 10.3. The van der Waals surface area contributed by atoms with Crippen LogP contribution in [0.2, 0.25) is 0 Å². The third-order valence-electron chi connectivity index (χ3n) is 5.23. The Labute approximate surface area is 185 Å². The largest absolute Gasteiger partial charge is 0.493 e. The third-order valence-corrected chi connectivity index (χ3v) is 9.76. The van der Waals surface area contributed by atoms with Gasteiger partial charge in [-0.05, 0) is 55.2 Å². The van der Waals surface area contributed by atoms with Gasteiger partial charge in [0.25, 0.3) is 0 Å². The molecule has 0 aromatic heterocycles. The number of sulfonamides is 1. The van der Waals surface area contributed by atoms with Crippen molar-refractivity contribution in [2.75, 3.05) is 26.0 Å². The SMILES string of the molecule is COc1ccccc1Oc1ccc(S(=O)(=O)N2CCC(S(=O)(=O)CC(C)C)CC2)cc1. The van der Waals surface area contributed by atoms with Gasteiger partial charge in [-0.15, -0.1) is 0 Å². The summed E-state index contributed by atoms with van der Waals surface area (Å²) in [6, 6.07) is 13.4. The van der Waals surface area contributed by atoms with Crippen molar-refractivity contribution in [2.45, 2.75) is 36.8 Å². The van der Waals surface area contributed by atoms with Crippen LogP contribution in [0, 0.1) is 5.92 Å². The molecule has 0 amide bonds. The number of methoxy groups -OCH3 is 1. The number of ether oxygens (including phenoxy) is 2. The van der Waals surface area contributed by atoms with E-state index in [0.717, 1.165) is 0 Å². The zero-order chi connectivity index (χ0) is 22.6. The summed E-state index contributed by atoms with van der Waals surface area (Å²) in [5.74, 6) is 1.79. The Morgan fingerprint density at radius 2 is 1.52 bits per heavy atom. The summed E-state index contributed by atoms with van der Waals surface area (Å²) < 4.78 is 63.4. The van der Waals surface area contributed by atoms with E-state index in [1.54, 1.807) is 31.4 Å². The summed E-state index contributed by atoms with van der Waals surface area (Å²) in [6.07, 6.45) is 0.645. The fourth-order valence-corrected chi connectivity index (χ4v) is 7.29. The molecule has 0 bridgehead atoms. The van der Waals surface area contributed by atoms with Crippen LogP contribution in [0.25, 0.3) is 0 Å². The van der Waals surface area contributed by atoms with Crippen molar-refractivity contribution in [1.82, 2.24) is 4.31 Å². The predicted molar refractivity (Wildman–Crippen MR) is 120 cm³/mol. The Hall–Kier alpha value is -2.10. The van der Waals surface area contributed by atoms with Crippen molar-refractivity contribution >= 4 is 19.9 Å². The van der Waals surface area contributed by atoms with Crippen molar-refractivity contribution in [1.29, 1.82) is 0 Å². The molecule has 1 saturated heterocycles. The maximum atomic E-state index is 13.0. The summed E-state index contributed by atoms with van der Waals surface area (Å²) in [5.41, 5.74) is 0. The molecule has 0 radical (unpaired) electrons. The molecule has 1 heterocycles. The van der Waals surface area contributed by atoms with E-state index in [4.69, 9.17) is 9.47 Å². The second kappa shape index (κ2) is 9.58. The number of hydrogen-bond acceptors (Lipinski definition) is 6. The van der Waals surface area contributed by atoms with E-state index in [2.05, 4.69) is 0 Å². The normalized spacial score (nSPS) is 16.4. The minimum absolute atomic E-state index is 0.0587. The molecule has 1 aliphatic heterocycles. The quantitative estimate of drug-likeness (QED) is 0.588. The molecule has 1 aliphatic rings. The van der Waals surface area contributed by atoms with Gasteiger partial charge in [-0.25, -0.2) is 16.8 Å². The smallest absolute Gasteiger partial charge is 0.243 e. The number of nitrogens with zero attached hydrogens (tertiary/aromatic N) is 1. The molecule has 0 atom stereocenters. The lowest BCUT2D eigenvalue weighted by molar-refractivity contribution is 0.345. The second-order valence-electron chi connectivity index (χ2n) is 8.05. The lowest BCUT2D eigenvalue weighted by Crippen LogP contribution is -2.43. The number of benzene rings is 2. The fourth-order valence-electron chi connectivity index (χ4n) is 3.69. The summed E-state index contributed by atoms with van der Waals surface area (Å²) >= 11 is 0. The van der Waals surface area contributed by atoms with Crippen LogP contribution < -0.4 is 9.47 Å². The van der Waals surface area contributed by atoms with Gasteiger partial charge in [0.15, 0.2) is 21.3 Å². The highest BCUT2D eigenvalue weighted by atomic mass is 32.2. The lowest BCUT2D eigenvalue weighted by Gasteiger charge is -2.31. The first-order valence-corrected chi connectivity index (χ1v) is 13.4. The molecular weight excluding hydrogens is 438 g/mol. The monoisotopic (exact) mass is 467 g/mol. The summed E-state index contributed by atoms with van der Waals surface area (Å²) in [7, 11) is -5.35. The highest BCUT2D eigenvalue weighted by Gasteiger charge is 2.35. The van der Waals surface area contributed by atoms with Gasteiger partial charge < -0.3 is 9.47 Å². The predicted octanol–water partition coefficient (Wildman–Crippen LogP) is 3.71. The van der Waals surface area contributed by atoms with E-state index in [1.807, 2.05) is 26.0 Å². The lowest BCUT2D eigenvalue weighted by atomic mass is 10.2. The number of hydrogen-bond donors (Lipinski definition) is 0. The molecule has 0 saturated carbocycles. The van der Waals surface area contributed by atoms with Crippen LogP contribution >= 0.6 is 0 Å². The highest BCUT2D eigenvalue weighted by molar-refractivity contribution is 7.92. The molecule has 1 fully saturated rings. The summed E-state index contributed by atoms with van der Waals surface area (Å²) in [4.78, 5) is 0.156. The van der Waals surface area contributed by atoms with Crippen molar-refractivity contribution in [3.8, 4) is 17.2 Å². The molecule has 0 N–H and O–H groups in total. The van der Waals surface area contributed by atoms with Gasteiger partial charge in [0, 0.05) is 13.1 Å². The van der Waals surface area contributed by atoms with E-state index in [0.29, 0.717) is 30.1 Å². The Bertz CT molecular complexity index is 1090. The minimum atomic E-state index is -3.70. The molecular formula is C22H29NO6S2. The van der Waals surface area contributed by atoms with Gasteiger partial charge in [0.05, 0.1) is 23.0 Å². The Balaban J connectivity index is 1.67. The zero-order valence-electron chi connectivity index (χ0n) is 18.0. The molecule has 2 aromatic rings. The molecule has 31 heavy (non-hydrogen) atoms. The minimum Gasteiger partial charge on any atom is -0.493 e. The highest BCUT2D eigenvalue weighted by Crippen LogP contribution is 2.32. The van der Waals surface area contributed by atoms with E-state index < -0.39 is 25.1 Å². The van der Waals surface area contributed by atoms with Crippen molar-refractivity contribution in [3.63, 3.8) is 0 Å². The van der Waals surface area contributed by atoms with E-state index >= 15 is 0 Å². The van der Waals surface area contributed by atoms with Gasteiger partial charge in [0.1, 0.15) is 5.75 Å². The Morgan fingerprint density at radius 1 is 0.935 bits per heavy atom. The van der Waals surface area contributed by atoms with Crippen LogP contribution in [-0.4, -0.2) is 52.3 Å². The van der Waals surface area contributed by atoms with Gasteiger partial charge >= 0.3 is 0 Å². The third kappa shape index (κ3) is 5.58. The average Bonchev–Trinajstić information content (AvgIpc) is 2.74. The summed E-state index contributed by atoms with van der Waals surface area (Å²) in [5, 5.41) is -0.474. The molecule has 9 heteroatoms. The number of rotatable bonds is 8. The van der Waals surface area contributed by atoms with Crippen molar-refractivity contribution < 1.29 is 26.3 Å². The number of piperidine rings is 1. The Kier molecular flexibility index (Phi) is 7.28. The molecule has 0 unspecified atom stereocenters. The van der Waals surface area contributed by atoms with E-state index in [1.165, 1.54) is 16.4 Å². The molecule has 170 valence electrons. The topological polar surface area (TPSA) is 90.0 Å². The first-order chi connectivity index (χ1) is 14.6. The zero-order valence-corrected chi connectivity index (χ0v) is 19.7. The van der Waals surface area contributed by atoms with Gasteiger partial charge in [0.2, 0.25) is 10.0 Å². The molecule has 2 aromatic carbocycles. The van der Waals surface area contributed by atoms with Crippen LogP contribution in [0.1, 0.15) is 26.7 Å². The average molecular weight is 468 g/mol. The number of para-hydroxylation sites is 2. The molecule has 0 spiro atoms. The van der Waals surface area contributed by atoms with Gasteiger partial charge in [-0.3, -0.25) is 0 Å². The van der Waals surface area contributed by atoms with Crippen LogP contribution in [0.15, 0.2) is 53.4 Å². The van der Waals surface area contributed by atoms with Crippen molar-refractivity contribution in [3.05, 3.63) is 48.5 Å². The van der Waals surface area contributed by atoms with Crippen LogP contribution in [-0.2, 0) is 19.9 Å². The summed E-state index contributed by atoms with van der Waals surface area (Å²) in [6.45, 7) is 4.14. The molecule has 7 nitrogen and oxygen atoms in total. The van der Waals surface area contributed by atoms with Crippen molar-refractivity contribution in [2.24, 2.45) is 5.92 Å². The van der Waals surface area contributed by atoms with E-state index in [-0.39, 0.29) is 29.7 Å². The van der Waals surface area contributed by atoms with E-state index in [9.17, 15) is 16.8 Å². The fraction of sp³-hybridized carbons (Fsp3) is 0.455. The second-order valence-corrected chi connectivity index (χ2v) is 12.3. The molecule has 3 rings (SSSR count). The molecule has 0 aliphatic carbocycles.